The molecule has 8 nitrogen and oxygen atoms in total. The van der Waals surface area contributed by atoms with Crippen LogP contribution in [0.2, 0.25) is 0 Å². The summed E-state index contributed by atoms with van der Waals surface area (Å²) in [6, 6.07) is 16.8. The average molecular weight is 439 g/mol. The molecule has 1 aliphatic rings. The number of anilines is 1. The summed E-state index contributed by atoms with van der Waals surface area (Å²) in [4.78, 5) is 40.5. The lowest BCUT2D eigenvalue weighted by molar-refractivity contribution is -0.134. The van der Waals surface area contributed by atoms with Crippen LogP contribution in [0.5, 0.6) is 5.75 Å². The highest BCUT2D eigenvalue weighted by Gasteiger charge is 2.22. The molecule has 0 atom stereocenters. The highest BCUT2D eigenvalue weighted by atomic mass is 16.5. The molecular formula is C24H30N4O4. The van der Waals surface area contributed by atoms with Crippen LogP contribution in [0.15, 0.2) is 54.6 Å². The summed E-state index contributed by atoms with van der Waals surface area (Å²) in [5.41, 5.74) is 1.95. The van der Waals surface area contributed by atoms with E-state index >= 15 is 0 Å². The third-order valence-corrected chi connectivity index (χ3v) is 5.31. The van der Waals surface area contributed by atoms with Gasteiger partial charge in [-0.05, 0) is 30.2 Å². The second kappa shape index (κ2) is 11.9. The number of aryl methyl sites for hydroxylation is 1. The lowest BCUT2D eigenvalue weighted by Crippen LogP contribution is -2.52. The van der Waals surface area contributed by atoms with Gasteiger partial charge in [-0.3, -0.25) is 19.3 Å². The predicted octanol–water partition coefficient (Wildman–Crippen LogP) is 1.53. The number of hydrogen-bond donors (Lipinski definition) is 2. The second-order valence-corrected chi connectivity index (χ2v) is 7.59. The number of piperazine rings is 1. The summed E-state index contributed by atoms with van der Waals surface area (Å²) in [7, 11) is 0. The molecule has 1 fully saturated rings. The number of carbonyl (C=O) groups is 3. The summed E-state index contributed by atoms with van der Waals surface area (Å²) in [6.45, 7) is 4.40. The lowest BCUT2D eigenvalue weighted by atomic mass is 10.1. The zero-order valence-electron chi connectivity index (χ0n) is 18.4. The maximum absolute atomic E-state index is 12.4. The predicted molar refractivity (Wildman–Crippen MR) is 122 cm³/mol. The Labute approximate surface area is 188 Å². The van der Waals surface area contributed by atoms with Crippen LogP contribution in [0.1, 0.15) is 12.5 Å². The molecule has 3 rings (SSSR count). The molecule has 32 heavy (non-hydrogen) atoms. The van der Waals surface area contributed by atoms with E-state index in [4.69, 9.17) is 4.74 Å². The highest BCUT2D eigenvalue weighted by molar-refractivity contribution is 5.93. The maximum Gasteiger partial charge on any atom is 0.258 e. The standard InChI is InChI=1S/C24H30N4O4/c1-2-19-8-6-7-11-21(19)26-22(29)17-27-12-14-28(15-13-27)24(31)16-25-23(30)18-32-20-9-4-3-5-10-20/h3-11H,2,12-18H2,1H3,(H,25,30)(H,26,29). The average Bonchev–Trinajstić information content (AvgIpc) is 2.82. The minimum atomic E-state index is -0.343. The van der Waals surface area contributed by atoms with Crippen molar-refractivity contribution < 1.29 is 19.1 Å². The van der Waals surface area contributed by atoms with Gasteiger partial charge in [0.2, 0.25) is 11.8 Å². The van der Waals surface area contributed by atoms with E-state index in [-0.39, 0.29) is 37.4 Å². The Morgan fingerprint density at radius 1 is 0.906 bits per heavy atom. The number of rotatable bonds is 9. The van der Waals surface area contributed by atoms with Gasteiger partial charge >= 0.3 is 0 Å². The van der Waals surface area contributed by atoms with E-state index in [2.05, 4.69) is 17.6 Å². The molecule has 3 amide bonds. The number of carbonyl (C=O) groups excluding carboxylic acids is 3. The molecule has 0 bridgehead atoms. The molecule has 1 saturated heterocycles. The van der Waals surface area contributed by atoms with Gasteiger partial charge in [0.15, 0.2) is 6.61 Å². The van der Waals surface area contributed by atoms with Crippen LogP contribution in [0.3, 0.4) is 0 Å². The highest BCUT2D eigenvalue weighted by Crippen LogP contribution is 2.15. The van der Waals surface area contributed by atoms with Crippen molar-refractivity contribution in [2.45, 2.75) is 13.3 Å². The molecule has 2 N–H and O–H groups in total. The second-order valence-electron chi connectivity index (χ2n) is 7.59. The molecule has 0 unspecified atom stereocenters. The smallest absolute Gasteiger partial charge is 0.258 e. The molecule has 8 heteroatoms. The Morgan fingerprint density at radius 3 is 2.31 bits per heavy atom. The Balaban J connectivity index is 1.34. The van der Waals surface area contributed by atoms with Crippen molar-refractivity contribution in [2.24, 2.45) is 0 Å². The van der Waals surface area contributed by atoms with Gasteiger partial charge in [0.25, 0.3) is 5.91 Å². The van der Waals surface area contributed by atoms with Crippen molar-refractivity contribution in [3.05, 3.63) is 60.2 Å². The summed E-state index contributed by atoms with van der Waals surface area (Å²) >= 11 is 0. The maximum atomic E-state index is 12.4. The number of para-hydroxylation sites is 2. The van der Waals surface area contributed by atoms with Crippen molar-refractivity contribution in [2.75, 3.05) is 51.2 Å². The molecular weight excluding hydrogens is 408 g/mol. The number of hydrogen-bond acceptors (Lipinski definition) is 5. The monoisotopic (exact) mass is 438 g/mol. The summed E-state index contributed by atoms with van der Waals surface area (Å²) < 4.78 is 5.37. The van der Waals surface area contributed by atoms with Gasteiger partial charge < -0.3 is 20.3 Å². The van der Waals surface area contributed by atoms with Crippen molar-refractivity contribution in [1.82, 2.24) is 15.1 Å². The number of ether oxygens (including phenoxy) is 1. The normalized spacial score (nSPS) is 14.0. The van der Waals surface area contributed by atoms with Crippen LogP contribution in [0, 0.1) is 0 Å². The van der Waals surface area contributed by atoms with E-state index in [1.807, 2.05) is 47.4 Å². The van der Waals surface area contributed by atoms with Crippen LogP contribution >= 0.6 is 0 Å². The van der Waals surface area contributed by atoms with Crippen LogP contribution in [0.4, 0.5) is 5.69 Å². The molecule has 170 valence electrons. The number of amides is 3. The Morgan fingerprint density at radius 2 is 1.59 bits per heavy atom. The van der Waals surface area contributed by atoms with Gasteiger partial charge in [-0.2, -0.15) is 0 Å². The van der Waals surface area contributed by atoms with Gasteiger partial charge in [-0.25, -0.2) is 0 Å². The zero-order valence-corrected chi connectivity index (χ0v) is 18.4. The molecule has 0 radical (unpaired) electrons. The quantitative estimate of drug-likeness (QED) is 0.620. The molecule has 2 aromatic carbocycles. The summed E-state index contributed by atoms with van der Waals surface area (Å²) in [6.07, 6.45) is 0.853. The van der Waals surface area contributed by atoms with E-state index in [1.54, 1.807) is 17.0 Å². The van der Waals surface area contributed by atoms with Gasteiger partial charge in [0.05, 0.1) is 13.1 Å². The van der Waals surface area contributed by atoms with Crippen molar-refractivity contribution >= 4 is 23.4 Å². The van der Waals surface area contributed by atoms with Crippen LogP contribution in [-0.2, 0) is 20.8 Å². The zero-order chi connectivity index (χ0) is 22.8. The molecule has 1 heterocycles. The van der Waals surface area contributed by atoms with Gasteiger partial charge in [-0.15, -0.1) is 0 Å². The van der Waals surface area contributed by atoms with E-state index in [1.165, 1.54) is 0 Å². The van der Waals surface area contributed by atoms with Crippen molar-refractivity contribution in [3.63, 3.8) is 0 Å². The third-order valence-electron chi connectivity index (χ3n) is 5.31. The number of benzene rings is 2. The lowest BCUT2D eigenvalue weighted by Gasteiger charge is -2.34. The molecule has 0 aromatic heterocycles. The van der Waals surface area contributed by atoms with Gasteiger partial charge in [0.1, 0.15) is 5.75 Å². The Kier molecular flexibility index (Phi) is 8.62. The molecule has 2 aromatic rings. The fraction of sp³-hybridized carbons (Fsp3) is 0.375. The van der Waals surface area contributed by atoms with Crippen LogP contribution < -0.4 is 15.4 Å². The van der Waals surface area contributed by atoms with Crippen LogP contribution in [-0.4, -0.2) is 73.4 Å². The number of nitrogens with one attached hydrogen (secondary N) is 2. The minimum absolute atomic E-state index is 0.0589. The third kappa shape index (κ3) is 7.09. The molecule has 0 saturated carbocycles. The topological polar surface area (TPSA) is 91.0 Å². The largest absolute Gasteiger partial charge is 0.484 e. The Hall–Kier alpha value is -3.39. The van der Waals surface area contributed by atoms with E-state index in [0.717, 1.165) is 17.7 Å². The number of nitrogens with zero attached hydrogens (tertiary/aromatic N) is 2. The van der Waals surface area contributed by atoms with Crippen LogP contribution in [0.25, 0.3) is 0 Å². The SMILES string of the molecule is CCc1ccccc1NC(=O)CN1CCN(C(=O)CNC(=O)COc2ccccc2)CC1. The van der Waals surface area contributed by atoms with E-state index < -0.39 is 0 Å². The first-order valence-electron chi connectivity index (χ1n) is 10.9. The van der Waals surface area contributed by atoms with Gasteiger partial charge in [-0.1, -0.05) is 43.3 Å². The molecule has 0 aliphatic carbocycles. The minimum Gasteiger partial charge on any atom is -0.484 e. The fourth-order valence-corrected chi connectivity index (χ4v) is 3.50. The first kappa shape index (κ1) is 23.3. The van der Waals surface area contributed by atoms with Crippen molar-refractivity contribution in [3.8, 4) is 5.75 Å². The molecule has 1 aliphatic heterocycles. The van der Waals surface area contributed by atoms with E-state index in [0.29, 0.717) is 31.9 Å². The fourth-order valence-electron chi connectivity index (χ4n) is 3.50. The van der Waals surface area contributed by atoms with Gasteiger partial charge in [0, 0.05) is 31.9 Å². The summed E-state index contributed by atoms with van der Waals surface area (Å²) in [5.74, 6) is 0.0626. The first-order chi connectivity index (χ1) is 15.5. The summed E-state index contributed by atoms with van der Waals surface area (Å²) in [5, 5.41) is 5.58. The first-order valence-corrected chi connectivity index (χ1v) is 10.9. The molecule has 0 spiro atoms. The van der Waals surface area contributed by atoms with E-state index in [9.17, 15) is 14.4 Å². The Bertz CT molecular complexity index is 911. The van der Waals surface area contributed by atoms with Crippen molar-refractivity contribution in [1.29, 1.82) is 0 Å².